The number of fused-ring (bicyclic) bond motifs is 1. The van der Waals surface area contributed by atoms with Crippen LogP contribution in [-0.2, 0) is 27.4 Å². The van der Waals surface area contributed by atoms with Crippen LogP contribution in [0.2, 0.25) is 0 Å². The number of isocyanates is 1. The van der Waals surface area contributed by atoms with Crippen molar-refractivity contribution in [2.24, 2.45) is 4.99 Å². The minimum absolute atomic E-state index is 0.0803. The first-order valence-corrected chi connectivity index (χ1v) is 8.20. The first-order chi connectivity index (χ1) is 13.2. The van der Waals surface area contributed by atoms with Crippen LogP contribution in [0.1, 0.15) is 52.4 Å². The first-order valence-electron chi connectivity index (χ1n) is 8.20. The van der Waals surface area contributed by atoms with Gasteiger partial charge in [-0.2, -0.15) is 13.8 Å². The average Bonchev–Trinajstić information content (AvgIpc) is 3.02. The smallest absolute Gasteiger partial charge is 0.341 e. The van der Waals surface area contributed by atoms with Gasteiger partial charge in [-0.25, -0.2) is 14.0 Å². The number of rotatable bonds is 7. The highest BCUT2D eigenvalue weighted by molar-refractivity contribution is 6.01. The van der Waals surface area contributed by atoms with Crippen molar-refractivity contribution in [2.75, 3.05) is 0 Å². The summed E-state index contributed by atoms with van der Waals surface area (Å²) >= 11 is 0. The Morgan fingerprint density at radius 2 is 2.00 bits per heavy atom. The molecule has 28 heavy (non-hydrogen) atoms. The van der Waals surface area contributed by atoms with Gasteiger partial charge in [-0.05, 0) is 37.8 Å². The molecule has 0 radical (unpaired) electrons. The van der Waals surface area contributed by atoms with E-state index >= 15 is 0 Å². The number of ether oxygens (including phenoxy) is 1. The summed E-state index contributed by atoms with van der Waals surface area (Å²) in [7, 11) is 0. The molecule has 0 bridgehead atoms. The highest BCUT2D eigenvalue weighted by atomic mass is 19.3. The lowest BCUT2D eigenvalue weighted by Crippen LogP contribution is -2.05. The summed E-state index contributed by atoms with van der Waals surface area (Å²) in [5, 5.41) is 8.74. The van der Waals surface area contributed by atoms with E-state index in [4.69, 9.17) is 9.84 Å². The van der Waals surface area contributed by atoms with E-state index in [-0.39, 0.29) is 53.8 Å². The van der Waals surface area contributed by atoms with Crippen LogP contribution in [-0.4, -0.2) is 23.1 Å². The summed E-state index contributed by atoms with van der Waals surface area (Å²) in [6.45, 7) is 2.75. The van der Waals surface area contributed by atoms with E-state index in [1.807, 2.05) is 0 Å². The molecule has 1 aliphatic heterocycles. The zero-order valence-electron chi connectivity index (χ0n) is 15.1. The van der Waals surface area contributed by atoms with E-state index in [0.29, 0.717) is 5.57 Å². The van der Waals surface area contributed by atoms with E-state index in [1.165, 1.54) is 19.1 Å². The van der Waals surface area contributed by atoms with Crippen molar-refractivity contribution in [3.63, 3.8) is 0 Å². The van der Waals surface area contributed by atoms with Crippen molar-refractivity contribution >= 4 is 29.5 Å². The highest BCUT2D eigenvalue weighted by Gasteiger charge is 2.33. The topological polar surface area (TPSA) is 93.0 Å². The number of carboxylic acids is 1. The largest absolute Gasteiger partial charge is 0.481 e. The molecule has 0 fully saturated rings. The molecular formula is C19H16F3NO5. The molecule has 0 unspecified atom stereocenters. The fraction of sp³-hybridized carbons (Fsp3) is 0.316. The number of carbonyl (C=O) groups excluding carboxylic acids is 2. The summed E-state index contributed by atoms with van der Waals surface area (Å²) in [5.41, 5.74) is -0.0367. The lowest BCUT2D eigenvalue weighted by molar-refractivity contribution is -0.136. The summed E-state index contributed by atoms with van der Waals surface area (Å²) in [6.07, 6.45) is 0.124. The second-order valence-electron chi connectivity index (χ2n) is 6.18. The Labute approximate surface area is 158 Å². The van der Waals surface area contributed by atoms with Crippen LogP contribution in [0.5, 0.6) is 0 Å². The third-order valence-electron chi connectivity index (χ3n) is 4.44. The van der Waals surface area contributed by atoms with Gasteiger partial charge >= 0.3 is 18.0 Å². The second kappa shape index (κ2) is 8.67. The average molecular weight is 395 g/mol. The summed E-state index contributed by atoms with van der Waals surface area (Å²) < 4.78 is 45.3. The molecule has 1 aromatic carbocycles. The van der Waals surface area contributed by atoms with Gasteiger partial charge in [0.1, 0.15) is 6.61 Å². The Bertz CT molecular complexity index is 955. The van der Waals surface area contributed by atoms with Crippen LogP contribution < -0.4 is 0 Å². The number of benzene rings is 1. The van der Waals surface area contributed by atoms with Crippen molar-refractivity contribution in [1.29, 1.82) is 0 Å². The molecule has 0 atom stereocenters. The fourth-order valence-corrected chi connectivity index (χ4v) is 3.03. The molecule has 1 heterocycles. The minimum Gasteiger partial charge on any atom is -0.481 e. The van der Waals surface area contributed by atoms with Gasteiger partial charge in [0.2, 0.25) is 6.08 Å². The Hall–Kier alpha value is -3.19. The first kappa shape index (κ1) is 21.1. The number of hydrogen-bond acceptors (Lipinski definition) is 5. The van der Waals surface area contributed by atoms with Crippen molar-refractivity contribution < 1.29 is 37.4 Å². The molecule has 0 spiro atoms. The maximum Gasteiger partial charge on any atom is 0.341 e. The van der Waals surface area contributed by atoms with Gasteiger partial charge in [-0.1, -0.05) is 11.6 Å². The Morgan fingerprint density at radius 1 is 1.32 bits per heavy atom. The SMILES string of the molecule is CC(=CCc1c(N=C=O)c2c(c(C)c1C(F)=C(F)F)COC2=O)CCC(=O)O. The Balaban J connectivity index is 2.72. The number of esters is 1. The molecule has 0 saturated heterocycles. The number of cyclic esters (lactones) is 1. The van der Waals surface area contributed by atoms with Gasteiger partial charge in [0.15, 0.2) is 5.83 Å². The van der Waals surface area contributed by atoms with Gasteiger partial charge in [-0.15, -0.1) is 0 Å². The zero-order valence-corrected chi connectivity index (χ0v) is 15.1. The molecule has 0 aliphatic carbocycles. The maximum absolute atomic E-state index is 14.3. The van der Waals surface area contributed by atoms with E-state index < -0.39 is 29.4 Å². The molecular weight excluding hydrogens is 379 g/mol. The quantitative estimate of drug-likeness (QED) is 0.317. The van der Waals surface area contributed by atoms with E-state index in [0.717, 1.165) is 0 Å². The molecule has 0 aromatic heterocycles. The Morgan fingerprint density at radius 3 is 2.57 bits per heavy atom. The van der Waals surface area contributed by atoms with Gasteiger partial charge < -0.3 is 9.84 Å². The van der Waals surface area contributed by atoms with Crippen LogP contribution in [0.3, 0.4) is 0 Å². The highest BCUT2D eigenvalue weighted by Crippen LogP contribution is 2.42. The molecule has 9 heteroatoms. The van der Waals surface area contributed by atoms with Crippen LogP contribution in [0.25, 0.3) is 5.83 Å². The molecule has 2 rings (SSSR count). The molecule has 1 aliphatic rings. The monoisotopic (exact) mass is 395 g/mol. The van der Waals surface area contributed by atoms with Crippen molar-refractivity contribution in [1.82, 2.24) is 0 Å². The van der Waals surface area contributed by atoms with E-state index in [1.54, 1.807) is 6.92 Å². The fourth-order valence-electron chi connectivity index (χ4n) is 3.03. The van der Waals surface area contributed by atoms with E-state index in [2.05, 4.69) is 4.99 Å². The predicted octanol–water partition coefficient (Wildman–Crippen LogP) is 4.52. The van der Waals surface area contributed by atoms with E-state index in [9.17, 15) is 27.6 Å². The lowest BCUT2D eigenvalue weighted by Gasteiger charge is -2.16. The van der Waals surface area contributed by atoms with Gasteiger partial charge in [-0.3, -0.25) is 4.79 Å². The standard InChI is InChI=1S/C19H16F3NO5/c1-9(4-6-13(25)26)3-5-11-14(16(20)18(21)22)10(2)12-7-28-19(27)15(12)17(11)23-8-24/h3H,4-7H2,1-2H3,(H,25,26). The van der Waals surface area contributed by atoms with Gasteiger partial charge in [0.25, 0.3) is 0 Å². The van der Waals surface area contributed by atoms with Crippen LogP contribution in [0.15, 0.2) is 22.7 Å². The van der Waals surface area contributed by atoms with Crippen molar-refractivity contribution in [3.8, 4) is 0 Å². The number of carboxylic acid groups (broad SMARTS) is 1. The van der Waals surface area contributed by atoms with Crippen molar-refractivity contribution in [2.45, 2.75) is 39.7 Å². The summed E-state index contributed by atoms with van der Waals surface area (Å²) in [5.74, 6) is -3.59. The van der Waals surface area contributed by atoms with Crippen LogP contribution in [0.4, 0.5) is 18.9 Å². The number of aliphatic imine (C=N–C) groups is 1. The van der Waals surface area contributed by atoms with Gasteiger partial charge in [0.05, 0.1) is 11.3 Å². The Kier molecular flexibility index (Phi) is 6.53. The zero-order chi connectivity index (χ0) is 21.0. The number of hydrogen-bond donors (Lipinski definition) is 1. The molecule has 148 valence electrons. The third kappa shape index (κ3) is 4.20. The molecule has 1 N–H and O–H groups in total. The summed E-state index contributed by atoms with van der Waals surface area (Å²) in [4.78, 5) is 37.0. The van der Waals surface area contributed by atoms with Gasteiger partial charge in [0, 0.05) is 17.5 Å². The number of allylic oxidation sites excluding steroid dienone is 2. The molecule has 1 aromatic rings. The normalized spacial score (nSPS) is 12.9. The molecule has 0 saturated carbocycles. The number of aliphatic carboxylic acids is 1. The number of carbonyl (C=O) groups is 2. The van der Waals surface area contributed by atoms with Crippen LogP contribution in [0, 0.1) is 6.92 Å². The number of nitrogens with zero attached hydrogens (tertiary/aromatic N) is 1. The molecule has 0 amide bonds. The molecule has 6 nitrogen and oxygen atoms in total. The lowest BCUT2D eigenvalue weighted by atomic mass is 9.88. The second-order valence-corrected chi connectivity index (χ2v) is 6.18. The number of halogens is 3. The van der Waals surface area contributed by atoms with Crippen molar-refractivity contribution in [3.05, 3.63) is 45.5 Å². The van der Waals surface area contributed by atoms with Crippen LogP contribution >= 0.6 is 0 Å². The third-order valence-corrected chi connectivity index (χ3v) is 4.44. The maximum atomic E-state index is 14.3. The summed E-state index contributed by atoms with van der Waals surface area (Å²) in [6, 6.07) is 0. The predicted molar refractivity (Wildman–Crippen MR) is 92.7 cm³/mol. The minimum atomic E-state index is -2.55.